The van der Waals surface area contributed by atoms with Crippen LogP contribution in [0.25, 0.3) is 0 Å². The van der Waals surface area contributed by atoms with E-state index in [9.17, 15) is 36.6 Å². The number of amides is 2. The smallest absolute Gasteiger partial charge is 0.268 e. The predicted molar refractivity (Wildman–Crippen MR) is 165 cm³/mol. The molecule has 3 fully saturated rings. The van der Waals surface area contributed by atoms with Gasteiger partial charge >= 0.3 is 0 Å². The largest absolute Gasteiger partial charge is 0.372 e. The van der Waals surface area contributed by atoms with Gasteiger partial charge in [0, 0.05) is 75.0 Å². The first-order valence-electron chi connectivity index (χ1n) is 15.0. The summed E-state index contributed by atoms with van der Waals surface area (Å²) in [5.41, 5.74) is 3.74. The van der Waals surface area contributed by atoms with Gasteiger partial charge in [0.15, 0.2) is 11.6 Å². The van der Waals surface area contributed by atoms with Crippen LogP contribution in [0.4, 0.5) is 33.6 Å². The van der Waals surface area contributed by atoms with Gasteiger partial charge in [0.2, 0.25) is 11.5 Å². The Kier molecular flexibility index (Phi) is 10.5. The molecule has 3 aliphatic heterocycles. The molecular weight excluding hydrogens is 665 g/mol. The zero-order valence-electron chi connectivity index (χ0n) is 25.4. The molecule has 4 N–H and O–H groups in total. The van der Waals surface area contributed by atoms with E-state index in [1.54, 1.807) is 0 Å². The molecule has 4 atom stereocenters. The van der Waals surface area contributed by atoms with Crippen molar-refractivity contribution < 1.29 is 41.4 Å². The lowest BCUT2D eigenvalue weighted by Crippen LogP contribution is -2.55. The van der Waals surface area contributed by atoms with Crippen molar-refractivity contribution in [1.29, 1.82) is 0 Å². The fourth-order valence-electron chi connectivity index (χ4n) is 6.28. The maximum Gasteiger partial charge on any atom is 0.268 e. The van der Waals surface area contributed by atoms with Crippen molar-refractivity contribution in [3.8, 4) is 0 Å². The second-order valence-electron chi connectivity index (χ2n) is 11.8. The van der Waals surface area contributed by atoms with Crippen molar-refractivity contribution in [2.75, 3.05) is 49.1 Å². The number of nitrogens with one attached hydrogen (secondary N) is 1. The average Bonchev–Trinajstić information content (AvgIpc) is 3.37. The number of hydrogen-bond acceptors (Lipinski definition) is 9. The molecule has 1 unspecified atom stereocenters. The molecule has 3 aromatic rings. The highest BCUT2D eigenvalue weighted by atomic mass is 35.5. The van der Waals surface area contributed by atoms with Crippen LogP contribution in [0.2, 0.25) is 0 Å². The molecule has 0 aliphatic carbocycles. The SMILES string of the molecule is Cl.N[C@H]1C[C@@H](N2CCN(c3ncc(N4CCC(O)(C(=O)NCc5cc(F)cc(F)c5F)C4=O)cn3)CC2)CO[C@@H]1c1cc(F)ccc1F. The highest BCUT2D eigenvalue weighted by molar-refractivity contribution is 6.16. The van der Waals surface area contributed by atoms with Gasteiger partial charge in [-0.15, -0.1) is 12.4 Å². The number of aliphatic hydroxyl groups is 1. The van der Waals surface area contributed by atoms with Crippen LogP contribution < -0.4 is 20.9 Å². The summed E-state index contributed by atoms with van der Waals surface area (Å²) in [7, 11) is 0. The molecule has 48 heavy (non-hydrogen) atoms. The topological polar surface area (TPSA) is 137 Å². The van der Waals surface area contributed by atoms with Gasteiger partial charge in [-0.05, 0) is 30.7 Å². The summed E-state index contributed by atoms with van der Waals surface area (Å²) in [5, 5.41) is 13.1. The molecule has 258 valence electrons. The van der Waals surface area contributed by atoms with E-state index in [0.29, 0.717) is 57.3 Å². The number of halogens is 6. The van der Waals surface area contributed by atoms with Crippen LogP contribution in [0, 0.1) is 29.1 Å². The number of piperazine rings is 1. The van der Waals surface area contributed by atoms with Gasteiger partial charge < -0.3 is 30.7 Å². The van der Waals surface area contributed by atoms with Gasteiger partial charge in [-0.2, -0.15) is 0 Å². The molecule has 3 saturated heterocycles. The quantitative estimate of drug-likeness (QED) is 0.193. The van der Waals surface area contributed by atoms with Crippen molar-refractivity contribution in [2.45, 2.75) is 43.2 Å². The van der Waals surface area contributed by atoms with Crippen LogP contribution in [0.1, 0.15) is 30.1 Å². The molecule has 2 amide bonds. The van der Waals surface area contributed by atoms with E-state index in [2.05, 4.69) is 20.2 Å². The van der Waals surface area contributed by atoms with E-state index in [0.717, 1.165) is 23.1 Å². The second kappa shape index (κ2) is 14.3. The molecule has 17 heteroatoms. The minimum atomic E-state index is -2.48. The monoisotopic (exact) mass is 697 g/mol. The minimum Gasteiger partial charge on any atom is -0.372 e. The van der Waals surface area contributed by atoms with E-state index in [1.165, 1.54) is 12.4 Å². The summed E-state index contributed by atoms with van der Waals surface area (Å²) in [6.45, 7) is 2.07. The Morgan fingerprint density at radius 3 is 2.40 bits per heavy atom. The summed E-state index contributed by atoms with van der Waals surface area (Å²) in [4.78, 5) is 39.9. The first kappa shape index (κ1) is 35.3. The number of benzene rings is 2. The van der Waals surface area contributed by atoms with Crippen molar-refractivity contribution in [1.82, 2.24) is 20.2 Å². The van der Waals surface area contributed by atoms with E-state index in [4.69, 9.17) is 10.5 Å². The molecule has 3 aliphatic rings. The molecular formula is C31H33ClF5N7O4. The number of nitrogens with zero attached hydrogens (tertiary/aromatic N) is 5. The van der Waals surface area contributed by atoms with Gasteiger partial charge in [-0.3, -0.25) is 14.5 Å². The van der Waals surface area contributed by atoms with E-state index >= 15 is 0 Å². The Balaban J connectivity index is 0.00000451. The standard InChI is InChI=1S/C31H32F5N7O4.ClH/c32-18-1-2-23(34)22(10-18)27-25(37)12-20(16-47-27)41-5-7-42(8-6-41)30-39-14-21(15-40-30)43-4-3-31(46,29(43)45)28(44)38-13-17-9-19(33)11-24(35)26(17)36;/h1-2,9-11,14-15,20,25,27,46H,3-8,12-13,16,37H2,(H,38,44);1H/t20-,25+,27-,31?;/m1./s1. The highest BCUT2D eigenvalue weighted by Gasteiger charge is 2.52. The van der Waals surface area contributed by atoms with Crippen molar-refractivity contribution in [3.05, 3.63) is 82.9 Å². The van der Waals surface area contributed by atoms with Crippen molar-refractivity contribution in [3.63, 3.8) is 0 Å². The van der Waals surface area contributed by atoms with Crippen molar-refractivity contribution >= 4 is 35.9 Å². The lowest BCUT2D eigenvalue weighted by molar-refractivity contribution is -0.149. The number of rotatable bonds is 7. The second-order valence-corrected chi connectivity index (χ2v) is 11.8. The van der Waals surface area contributed by atoms with Gasteiger partial charge in [-0.1, -0.05) is 0 Å². The molecule has 0 bridgehead atoms. The van der Waals surface area contributed by atoms with Crippen LogP contribution >= 0.6 is 12.4 Å². The lowest BCUT2D eigenvalue weighted by Gasteiger charge is -2.43. The van der Waals surface area contributed by atoms with Gasteiger partial charge in [0.1, 0.15) is 23.6 Å². The van der Waals surface area contributed by atoms with Crippen LogP contribution in [-0.2, 0) is 20.9 Å². The average molecular weight is 698 g/mol. The maximum atomic E-state index is 14.3. The minimum absolute atomic E-state index is 0. The molecule has 2 aromatic carbocycles. The molecule has 0 radical (unpaired) electrons. The number of nitrogens with two attached hydrogens (primary N) is 1. The zero-order valence-corrected chi connectivity index (χ0v) is 26.2. The van der Waals surface area contributed by atoms with Crippen LogP contribution in [0.15, 0.2) is 42.7 Å². The third kappa shape index (κ3) is 6.94. The number of carbonyl (C=O) groups is 2. The summed E-state index contributed by atoms with van der Waals surface area (Å²) in [6, 6.07) is 3.78. The highest BCUT2D eigenvalue weighted by Crippen LogP contribution is 2.32. The van der Waals surface area contributed by atoms with Gasteiger partial charge in [0.05, 0.1) is 24.7 Å². The summed E-state index contributed by atoms with van der Waals surface area (Å²) >= 11 is 0. The molecule has 4 heterocycles. The summed E-state index contributed by atoms with van der Waals surface area (Å²) < 4.78 is 74.8. The first-order chi connectivity index (χ1) is 22.4. The molecule has 11 nitrogen and oxygen atoms in total. The Hall–Kier alpha value is -3.96. The zero-order chi connectivity index (χ0) is 33.5. The Labute approximate surface area is 278 Å². The molecule has 1 aromatic heterocycles. The number of hydrogen-bond donors (Lipinski definition) is 3. The normalized spacial score (nSPS) is 24.8. The van der Waals surface area contributed by atoms with Gasteiger partial charge in [-0.25, -0.2) is 31.9 Å². The van der Waals surface area contributed by atoms with Crippen LogP contribution in [0.5, 0.6) is 0 Å². The molecule has 6 rings (SSSR count). The van der Waals surface area contributed by atoms with E-state index in [1.807, 2.05) is 4.90 Å². The first-order valence-corrected chi connectivity index (χ1v) is 15.0. The Bertz CT molecular complexity index is 1670. The number of ether oxygens (including phenoxy) is 1. The van der Waals surface area contributed by atoms with Crippen molar-refractivity contribution in [2.24, 2.45) is 5.73 Å². The van der Waals surface area contributed by atoms with Crippen LogP contribution in [-0.4, -0.2) is 88.8 Å². The fraction of sp³-hybridized carbons (Fsp3) is 0.419. The summed E-state index contributed by atoms with van der Waals surface area (Å²) in [5.74, 6) is -6.60. The van der Waals surface area contributed by atoms with E-state index in [-0.39, 0.29) is 42.7 Å². The third-order valence-electron chi connectivity index (χ3n) is 8.90. The van der Waals surface area contributed by atoms with Gasteiger partial charge in [0.25, 0.3) is 11.8 Å². The summed E-state index contributed by atoms with van der Waals surface area (Å²) in [6.07, 6.45) is 2.33. The molecule has 0 saturated carbocycles. The number of anilines is 2. The fourth-order valence-corrected chi connectivity index (χ4v) is 6.28. The maximum absolute atomic E-state index is 14.3. The van der Waals surface area contributed by atoms with Crippen LogP contribution in [0.3, 0.4) is 0 Å². The van der Waals surface area contributed by atoms with E-state index < -0.39 is 70.8 Å². The Morgan fingerprint density at radius 1 is 1.00 bits per heavy atom. The molecule has 0 spiro atoms. The Morgan fingerprint density at radius 2 is 1.71 bits per heavy atom. The number of carbonyl (C=O) groups excluding carboxylic acids is 2. The predicted octanol–water partition coefficient (Wildman–Crippen LogP) is 2.36. The lowest BCUT2D eigenvalue weighted by atomic mass is 9.93. The number of aromatic nitrogens is 2. The third-order valence-corrected chi connectivity index (χ3v) is 8.90.